The third-order valence-corrected chi connectivity index (χ3v) is 3.47. The molecule has 0 bridgehead atoms. The first-order valence-corrected chi connectivity index (χ1v) is 7.94. The summed E-state index contributed by atoms with van der Waals surface area (Å²) in [6.45, 7) is 5.03. The van der Waals surface area contributed by atoms with Crippen LogP contribution in [0.15, 0.2) is 27.4 Å². The van der Waals surface area contributed by atoms with Crippen LogP contribution in [0.5, 0.6) is 5.75 Å². The van der Waals surface area contributed by atoms with Crippen molar-refractivity contribution in [2.24, 2.45) is 5.73 Å². The van der Waals surface area contributed by atoms with Crippen LogP contribution >= 0.6 is 0 Å². The molecule has 0 saturated heterocycles. The van der Waals surface area contributed by atoms with E-state index in [0.29, 0.717) is 23.3 Å². The largest absolute Gasteiger partial charge is 0.483 e. The van der Waals surface area contributed by atoms with Crippen molar-refractivity contribution in [3.05, 3.63) is 39.7 Å². The zero-order chi connectivity index (χ0) is 18.6. The molecule has 2 rings (SSSR count). The standard InChI is InChI=1S/C18H21NO6/c1-10(2)24-17(21)5-4-12-7-13-11(3)6-18(22)25-15(13)8-14(12)23-9-16(19)20/h6-8,10H,4-5,9H2,1-3H3,(H2,19,20). The highest BCUT2D eigenvalue weighted by atomic mass is 16.5. The molecule has 0 fully saturated rings. The van der Waals surface area contributed by atoms with Crippen molar-refractivity contribution in [3.8, 4) is 5.75 Å². The Kier molecular flexibility index (Phi) is 5.80. The van der Waals surface area contributed by atoms with Gasteiger partial charge >= 0.3 is 11.6 Å². The van der Waals surface area contributed by atoms with Crippen LogP contribution in [-0.4, -0.2) is 24.6 Å². The van der Waals surface area contributed by atoms with Crippen LogP contribution in [0.2, 0.25) is 0 Å². The second kappa shape index (κ2) is 7.83. The zero-order valence-corrected chi connectivity index (χ0v) is 14.5. The third kappa shape index (κ3) is 5.07. The molecular formula is C18H21NO6. The van der Waals surface area contributed by atoms with Crippen molar-refractivity contribution in [2.45, 2.75) is 39.7 Å². The van der Waals surface area contributed by atoms with Gasteiger partial charge in [0.1, 0.15) is 11.3 Å². The maximum atomic E-state index is 11.8. The normalized spacial score (nSPS) is 10.9. The first-order valence-electron chi connectivity index (χ1n) is 7.94. The summed E-state index contributed by atoms with van der Waals surface area (Å²) in [7, 11) is 0. The van der Waals surface area contributed by atoms with E-state index in [2.05, 4.69) is 0 Å². The Labute approximate surface area is 144 Å². The molecule has 0 atom stereocenters. The van der Waals surface area contributed by atoms with Crippen LogP contribution in [0.25, 0.3) is 11.0 Å². The van der Waals surface area contributed by atoms with Gasteiger partial charge in [0.15, 0.2) is 6.61 Å². The van der Waals surface area contributed by atoms with Gasteiger partial charge in [-0.3, -0.25) is 9.59 Å². The molecule has 1 amide bonds. The highest BCUT2D eigenvalue weighted by Gasteiger charge is 2.14. The Balaban J connectivity index is 2.36. The molecule has 25 heavy (non-hydrogen) atoms. The molecule has 0 unspecified atom stereocenters. The third-order valence-electron chi connectivity index (χ3n) is 3.47. The van der Waals surface area contributed by atoms with Crippen LogP contribution < -0.4 is 16.1 Å². The van der Waals surface area contributed by atoms with Crippen molar-refractivity contribution in [3.63, 3.8) is 0 Å². The number of esters is 1. The van der Waals surface area contributed by atoms with E-state index in [1.165, 1.54) is 12.1 Å². The van der Waals surface area contributed by atoms with E-state index >= 15 is 0 Å². The number of benzene rings is 1. The minimum atomic E-state index is -0.629. The fourth-order valence-corrected chi connectivity index (χ4v) is 2.43. The molecule has 2 aromatic rings. The highest BCUT2D eigenvalue weighted by Crippen LogP contribution is 2.28. The van der Waals surface area contributed by atoms with Gasteiger partial charge < -0.3 is 19.6 Å². The number of rotatable bonds is 7. The molecule has 0 aliphatic rings. The van der Waals surface area contributed by atoms with E-state index in [4.69, 9.17) is 19.6 Å². The van der Waals surface area contributed by atoms with Crippen molar-refractivity contribution in [1.29, 1.82) is 0 Å². The SMILES string of the molecule is Cc1cc(=O)oc2cc(OCC(N)=O)c(CCC(=O)OC(C)C)cc12. The summed E-state index contributed by atoms with van der Waals surface area (Å²) in [5.74, 6) is -0.611. The lowest BCUT2D eigenvalue weighted by molar-refractivity contribution is -0.147. The first-order chi connectivity index (χ1) is 11.8. The molecule has 7 heteroatoms. The average molecular weight is 347 g/mol. The van der Waals surface area contributed by atoms with Crippen LogP contribution in [0, 0.1) is 6.92 Å². The van der Waals surface area contributed by atoms with Crippen LogP contribution in [0.1, 0.15) is 31.4 Å². The van der Waals surface area contributed by atoms with Gasteiger partial charge in [0.05, 0.1) is 6.10 Å². The van der Waals surface area contributed by atoms with Gasteiger partial charge in [-0.15, -0.1) is 0 Å². The van der Waals surface area contributed by atoms with Gasteiger partial charge in [0.25, 0.3) is 5.91 Å². The predicted octanol–water partition coefficient (Wildman–Crippen LogP) is 1.85. The average Bonchev–Trinajstić information content (AvgIpc) is 2.49. The maximum Gasteiger partial charge on any atom is 0.336 e. The predicted molar refractivity (Wildman–Crippen MR) is 91.5 cm³/mol. The van der Waals surface area contributed by atoms with E-state index in [1.807, 2.05) is 0 Å². The van der Waals surface area contributed by atoms with E-state index < -0.39 is 11.5 Å². The van der Waals surface area contributed by atoms with Crippen LogP contribution in [0.4, 0.5) is 0 Å². The Morgan fingerprint density at radius 1 is 1.24 bits per heavy atom. The van der Waals surface area contributed by atoms with Gasteiger partial charge in [-0.2, -0.15) is 0 Å². The van der Waals surface area contributed by atoms with Crippen molar-refractivity contribution in [2.75, 3.05) is 6.61 Å². The monoisotopic (exact) mass is 347 g/mol. The molecule has 7 nitrogen and oxygen atoms in total. The number of amides is 1. The Morgan fingerprint density at radius 3 is 2.60 bits per heavy atom. The molecule has 1 heterocycles. The topological polar surface area (TPSA) is 109 Å². The Morgan fingerprint density at radius 2 is 1.96 bits per heavy atom. The summed E-state index contributed by atoms with van der Waals surface area (Å²) in [5, 5.41) is 0.734. The minimum Gasteiger partial charge on any atom is -0.483 e. The fraction of sp³-hybridized carbons (Fsp3) is 0.389. The van der Waals surface area contributed by atoms with Crippen LogP contribution in [0.3, 0.4) is 0 Å². The molecule has 134 valence electrons. The quantitative estimate of drug-likeness (QED) is 0.605. The Bertz CT molecular complexity index is 853. The van der Waals surface area contributed by atoms with E-state index in [1.54, 1.807) is 26.8 Å². The van der Waals surface area contributed by atoms with E-state index in [9.17, 15) is 14.4 Å². The number of hydrogen-bond donors (Lipinski definition) is 1. The lowest BCUT2D eigenvalue weighted by Gasteiger charge is -2.13. The second-order valence-corrected chi connectivity index (χ2v) is 6.00. The second-order valence-electron chi connectivity index (χ2n) is 6.00. The first kappa shape index (κ1) is 18.5. The number of fused-ring (bicyclic) bond motifs is 1. The summed E-state index contributed by atoms with van der Waals surface area (Å²) in [4.78, 5) is 34.3. The molecular weight excluding hydrogens is 326 g/mol. The smallest absolute Gasteiger partial charge is 0.336 e. The summed E-state index contributed by atoms with van der Waals surface area (Å²) >= 11 is 0. The number of nitrogens with two attached hydrogens (primary N) is 1. The highest BCUT2D eigenvalue weighted by molar-refractivity contribution is 5.83. The molecule has 1 aromatic heterocycles. The molecule has 0 spiro atoms. The van der Waals surface area contributed by atoms with Gasteiger partial charge in [0, 0.05) is 23.9 Å². The summed E-state index contributed by atoms with van der Waals surface area (Å²) in [5.41, 5.74) is 6.44. The van der Waals surface area contributed by atoms with E-state index in [0.717, 1.165) is 10.9 Å². The number of primary amides is 1. The van der Waals surface area contributed by atoms with Gasteiger partial charge in [0.2, 0.25) is 0 Å². The maximum absolute atomic E-state index is 11.8. The lowest BCUT2D eigenvalue weighted by Crippen LogP contribution is -2.20. The number of ether oxygens (including phenoxy) is 2. The zero-order valence-electron chi connectivity index (χ0n) is 14.5. The fourth-order valence-electron chi connectivity index (χ4n) is 2.43. The van der Waals surface area contributed by atoms with Crippen LogP contribution in [-0.2, 0) is 20.7 Å². The van der Waals surface area contributed by atoms with Gasteiger partial charge in [-0.25, -0.2) is 4.79 Å². The summed E-state index contributed by atoms with van der Waals surface area (Å²) in [6, 6.07) is 4.71. The molecule has 2 N–H and O–H groups in total. The summed E-state index contributed by atoms with van der Waals surface area (Å²) in [6.07, 6.45) is 0.326. The molecule has 0 aliphatic heterocycles. The lowest BCUT2D eigenvalue weighted by atomic mass is 10.0. The summed E-state index contributed by atoms with van der Waals surface area (Å²) < 4.78 is 15.7. The molecule has 0 radical (unpaired) electrons. The Hall–Kier alpha value is -2.83. The van der Waals surface area contributed by atoms with Crippen molar-refractivity contribution < 1.29 is 23.5 Å². The molecule has 0 aliphatic carbocycles. The molecule has 1 aromatic carbocycles. The number of carbonyl (C=O) groups excluding carboxylic acids is 2. The van der Waals surface area contributed by atoms with Crippen molar-refractivity contribution >= 4 is 22.8 Å². The number of hydrogen-bond acceptors (Lipinski definition) is 6. The number of aryl methyl sites for hydroxylation is 2. The van der Waals surface area contributed by atoms with E-state index in [-0.39, 0.29) is 25.1 Å². The van der Waals surface area contributed by atoms with Crippen molar-refractivity contribution in [1.82, 2.24) is 0 Å². The van der Waals surface area contributed by atoms with Gasteiger partial charge in [-0.1, -0.05) is 0 Å². The van der Waals surface area contributed by atoms with Gasteiger partial charge in [-0.05, 0) is 44.4 Å². The number of carbonyl (C=O) groups is 2. The minimum absolute atomic E-state index is 0.159. The molecule has 0 saturated carbocycles.